The zero-order chi connectivity index (χ0) is 16.1. The highest BCUT2D eigenvalue weighted by atomic mass is 16.3. The van der Waals surface area contributed by atoms with Crippen LogP contribution in [0.2, 0.25) is 0 Å². The van der Waals surface area contributed by atoms with Crippen molar-refractivity contribution in [2.24, 2.45) is 0 Å². The predicted octanol–water partition coefficient (Wildman–Crippen LogP) is 3.06. The summed E-state index contributed by atoms with van der Waals surface area (Å²) in [4.78, 5) is 15.5. The van der Waals surface area contributed by atoms with Crippen LogP contribution in [-0.2, 0) is 0 Å². The van der Waals surface area contributed by atoms with Crippen LogP contribution in [0.25, 0.3) is 10.9 Å². The quantitative estimate of drug-likeness (QED) is 0.655. The third-order valence-corrected chi connectivity index (χ3v) is 4.07. The Hall–Kier alpha value is -2.59. The Morgan fingerprint density at radius 2 is 1.96 bits per heavy atom. The Bertz CT molecular complexity index is 780. The molecule has 3 aromatic rings. The van der Waals surface area contributed by atoms with Crippen LogP contribution in [0.3, 0.4) is 0 Å². The Kier molecular flexibility index (Phi) is 4.74. The average molecular weight is 308 g/mol. The minimum absolute atomic E-state index is 0.0908. The van der Waals surface area contributed by atoms with Crippen LogP contribution in [0, 0.1) is 0 Å². The molecule has 0 bridgehead atoms. The van der Waals surface area contributed by atoms with Crippen LogP contribution in [0.5, 0.6) is 0 Å². The number of hydrogen-bond acceptors (Lipinski definition) is 2. The number of nitrogens with one attached hydrogen (secondary N) is 2. The average Bonchev–Trinajstić information content (AvgIpc) is 3.06. The Balaban J connectivity index is 1.68. The van der Waals surface area contributed by atoms with Gasteiger partial charge in [-0.25, -0.2) is 0 Å². The zero-order valence-electron chi connectivity index (χ0n) is 12.8. The van der Waals surface area contributed by atoms with Gasteiger partial charge in [0.05, 0.1) is 0 Å². The van der Waals surface area contributed by atoms with E-state index in [4.69, 9.17) is 0 Å². The molecule has 0 aliphatic rings. The lowest BCUT2D eigenvalue weighted by Gasteiger charge is -2.17. The molecule has 23 heavy (non-hydrogen) atoms. The fraction of sp³-hybridized carbons (Fsp3) is 0.211. The molecule has 4 nitrogen and oxygen atoms in total. The van der Waals surface area contributed by atoms with E-state index in [1.54, 1.807) is 0 Å². The van der Waals surface area contributed by atoms with Crippen molar-refractivity contribution >= 4 is 16.8 Å². The summed E-state index contributed by atoms with van der Waals surface area (Å²) in [7, 11) is 0. The van der Waals surface area contributed by atoms with Gasteiger partial charge < -0.3 is 15.4 Å². The molecule has 0 spiro atoms. The molecule has 0 radical (unpaired) electrons. The predicted molar refractivity (Wildman–Crippen MR) is 91.5 cm³/mol. The number of aromatic nitrogens is 1. The highest BCUT2D eigenvalue weighted by Gasteiger charge is 2.13. The molecule has 0 saturated heterocycles. The number of benzene rings is 2. The van der Waals surface area contributed by atoms with Gasteiger partial charge in [-0.15, -0.1) is 0 Å². The van der Waals surface area contributed by atoms with E-state index in [1.807, 2.05) is 60.8 Å². The third kappa shape index (κ3) is 3.60. The highest BCUT2D eigenvalue weighted by Crippen LogP contribution is 2.19. The lowest BCUT2D eigenvalue weighted by atomic mass is 9.96. The van der Waals surface area contributed by atoms with Gasteiger partial charge in [-0.1, -0.05) is 30.3 Å². The topological polar surface area (TPSA) is 65.1 Å². The third-order valence-electron chi connectivity index (χ3n) is 4.07. The molecule has 1 heterocycles. The van der Waals surface area contributed by atoms with E-state index in [2.05, 4.69) is 10.3 Å². The summed E-state index contributed by atoms with van der Waals surface area (Å²) in [5.74, 6) is 0.0214. The van der Waals surface area contributed by atoms with E-state index in [0.29, 0.717) is 18.5 Å². The number of aliphatic hydroxyl groups is 1. The van der Waals surface area contributed by atoms with Crippen LogP contribution in [-0.4, -0.2) is 29.1 Å². The van der Waals surface area contributed by atoms with Crippen molar-refractivity contribution in [2.75, 3.05) is 13.2 Å². The minimum atomic E-state index is -0.0908. The van der Waals surface area contributed by atoms with Gasteiger partial charge in [-0.3, -0.25) is 4.79 Å². The van der Waals surface area contributed by atoms with Crippen LogP contribution >= 0.6 is 0 Å². The van der Waals surface area contributed by atoms with Crippen LogP contribution in [0.15, 0.2) is 60.8 Å². The van der Waals surface area contributed by atoms with E-state index in [9.17, 15) is 9.90 Å². The molecule has 1 aromatic heterocycles. The van der Waals surface area contributed by atoms with Gasteiger partial charge in [0, 0.05) is 41.7 Å². The molecule has 1 atom stereocenters. The molecule has 0 aliphatic carbocycles. The number of rotatable bonds is 6. The minimum Gasteiger partial charge on any atom is -0.396 e. The summed E-state index contributed by atoms with van der Waals surface area (Å²) in [6, 6.07) is 17.5. The van der Waals surface area contributed by atoms with Crippen molar-refractivity contribution in [1.82, 2.24) is 10.3 Å². The summed E-state index contributed by atoms with van der Waals surface area (Å²) >= 11 is 0. The molecular formula is C19H20N2O2. The first kappa shape index (κ1) is 15.3. The first-order chi connectivity index (χ1) is 11.3. The molecule has 0 saturated carbocycles. The monoisotopic (exact) mass is 308 g/mol. The van der Waals surface area contributed by atoms with Crippen molar-refractivity contribution < 1.29 is 9.90 Å². The SMILES string of the molecule is O=C(NCC(CCO)c1ccccc1)c1ccc2[nH]ccc2c1. The maximum atomic E-state index is 12.4. The van der Waals surface area contributed by atoms with Crippen molar-refractivity contribution in [3.63, 3.8) is 0 Å². The van der Waals surface area contributed by atoms with Crippen LogP contribution in [0.1, 0.15) is 28.3 Å². The van der Waals surface area contributed by atoms with Crippen molar-refractivity contribution in [2.45, 2.75) is 12.3 Å². The zero-order valence-corrected chi connectivity index (χ0v) is 12.8. The second-order valence-corrected chi connectivity index (χ2v) is 5.61. The van der Waals surface area contributed by atoms with Crippen molar-refractivity contribution in [1.29, 1.82) is 0 Å². The largest absolute Gasteiger partial charge is 0.396 e. The number of carbonyl (C=O) groups is 1. The Morgan fingerprint density at radius 1 is 1.13 bits per heavy atom. The standard InChI is InChI=1S/C19H20N2O2/c22-11-9-17(14-4-2-1-3-5-14)13-21-19(23)16-6-7-18-15(12-16)8-10-20-18/h1-8,10,12,17,20,22H,9,11,13H2,(H,21,23). The van der Waals surface area contributed by atoms with E-state index < -0.39 is 0 Å². The summed E-state index contributed by atoms with van der Waals surface area (Å²) in [5, 5.41) is 13.3. The van der Waals surface area contributed by atoms with Gasteiger partial charge in [0.15, 0.2) is 0 Å². The normalized spacial score (nSPS) is 12.2. The first-order valence-corrected chi connectivity index (χ1v) is 7.79. The Labute approximate surface area is 135 Å². The lowest BCUT2D eigenvalue weighted by Crippen LogP contribution is -2.28. The Morgan fingerprint density at radius 3 is 2.74 bits per heavy atom. The fourth-order valence-corrected chi connectivity index (χ4v) is 2.78. The fourth-order valence-electron chi connectivity index (χ4n) is 2.78. The molecule has 2 aromatic carbocycles. The van der Waals surface area contributed by atoms with Gasteiger partial charge in [-0.05, 0) is 36.2 Å². The van der Waals surface area contributed by atoms with Gasteiger partial charge in [0.25, 0.3) is 5.91 Å². The molecule has 1 amide bonds. The number of hydrogen-bond donors (Lipinski definition) is 3. The molecule has 3 N–H and O–H groups in total. The second-order valence-electron chi connectivity index (χ2n) is 5.61. The van der Waals surface area contributed by atoms with E-state index in [1.165, 1.54) is 0 Å². The molecule has 4 heteroatoms. The maximum Gasteiger partial charge on any atom is 0.251 e. The number of fused-ring (bicyclic) bond motifs is 1. The van der Waals surface area contributed by atoms with E-state index in [-0.39, 0.29) is 18.4 Å². The van der Waals surface area contributed by atoms with Gasteiger partial charge >= 0.3 is 0 Å². The van der Waals surface area contributed by atoms with Crippen LogP contribution < -0.4 is 5.32 Å². The van der Waals surface area contributed by atoms with Crippen molar-refractivity contribution in [3.05, 3.63) is 71.9 Å². The number of amides is 1. The smallest absolute Gasteiger partial charge is 0.251 e. The highest BCUT2D eigenvalue weighted by molar-refractivity contribution is 5.98. The summed E-state index contributed by atoms with van der Waals surface area (Å²) in [5.41, 5.74) is 2.79. The summed E-state index contributed by atoms with van der Waals surface area (Å²) in [6.45, 7) is 0.610. The molecule has 0 fully saturated rings. The molecule has 3 rings (SSSR count). The molecule has 118 valence electrons. The molecule has 1 unspecified atom stereocenters. The lowest BCUT2D eigenvalue weighted by molar-refractivity contribution is 0.0949. The van der Waals surface area contributed by atoms with E-state index in [0.717, 1.165) is 16.5 Å². The molecular weight excluding hydrogens is 288 g/mol. The van der Waals surface area contributed by atoms with Crippen LogP contribution in [0.4, 0.5) is 0 Å². The summed E-state index contributed by atoms with van der Waals surface area (Å²) in [6.07, 6.45) is 2.49. The number of carbonyl (C=O) groups excluding carboxylic acids is 1. The number of aliphatic hydroxyl groups excluding tert-OH is 1. The van der Waals surface area contributed by atoms with Gasteiger partial charge in [-0.2, -0.15) is 0 Å². The van der Waals surface area contributed by atoms with E-state index >= 15 is 0 Å². The molecule has 0 aliphatic heterocycles. The van der Waals surface area contributed by atoms with Crippen molar-refractivity contribution in [3.8, 4) is 0 Å². The first-order valence-electron chi connectivity index (χ1n) is 7.79. The summed E-state index contributed by atoms with van der Waals surface area (Å²) < 4.78 is 0. The van der Waals surface area contributed by atoms with Gasteiger partial charge in [0.2, 0.25) is 0 Å². The maximum absolute atomic E-state index is 12.4. The second kappa shape index (κ2) is 7.11. The van der Waals surface area contributed by atoms with Gasteiger partial charge in [0.1, 0.15) is 0 Å². The number of aromatic amines is 1. The number of H-pyrrole nitrogens is 1.